The molecule has 2 heterocycles. The van der Waals surface area contributed by atoms with E-state index >= 15 is 0 Å². The molecule has 4 nitrogen and oxygen atoms in total. The maximum atomic E-state index is 5.88. The predicted octanol–water partition coefficient (Wildman–Crippen LogP) is 3.12. The van der Waals surface area contributed by atoms with Gasteiger partial charge < -0.3 is 11.1 Å². The lowest BCUT2D eigenvalue weighted by molar-refractivity contribution is 0.811. The number of fused-ring (bicyclic) bond motifs is 1. The number of hydrogen-bond acceptors (Lipinski definition) is 4. The summed E-state index contributed by atoms with van der Waals surface area (Å²) in [7, 11) is 0. The number of nitrogens with zero attached hydrogens (tertiary/aromatic N) is 2. The minimum atomic E-state index is 0.230. The van der Waals surface area contributed by atoms with Crippen molar-refractivity contribution in [2.24, 2.45) is 0 Å². The van der Waals surface area contributed by atoms with Crippen LogP contribution in [0.5, 0.6) is 0 Å². The molecule has 1 aromatic heterocycles. The second-order valence-electron chi connectivity index (χ2n) is 2.73. The highest BCUT2D eigenvalue weighted by molar-refractivity contribution is 6.30. The zero-order valence-corrected chi connectivity index (χ0v) is 11.2. The van der Waals surface area contributed by atoms with E-state index in [4.69, 9.17) is 17.3 Å². The zero-order valence-electron chi connectivity index (χ0n) is 10.5. The average Bonchev–Trinajstić information content (AvgIpc) is 2.34. The average molecular weight is 245 g/mol. The molecule has 5 heteroatoms. The highest BCUT2D eigenvalue weighted by atomic mass is 35.5. The van der Waals surface area contributed by atoms with Crippen molar-refractivity contribution in [1.82, 2.24) is 9.97 Å². The van der Waals surface area contributed by atoms with Crippen molar-refractivity contribution in [3.8, 4) is 0 Å². The minimum Gasteiger partial charge on any atom is -0.370 e. The Morgan fingerprint density at radius 3 is 2.44 bits per heavy atom. The molecule has 3 N–H and O–H groups in total. The molecule has 0 unspecified atom stereocenters. The van der Waals surface area contributed by atoms with E-state index in [2.05, 4.69) is 15.3 Å². The van der Waals surface area contributed by atoms with E-state index < -0.39 is 0 Å². The van der Waals surface area contributed by atoms with E-state index in [-0.39, 0.29) is 5.95 Å². The van der Waals surface area contributed by atoms with Gasteiger partial charge in [0.25, 0.3) is 0 Å². The fraction of sp³-hybridized carbons (Fsp3) is 0.636. The van der Waals surface area contributed by atoms with Gasteiger partial charge in [-0.15, -0.1) is 0 Å². The van der Waals surface area contributed by atoms with Gasteiger partial charge in [0.05, 0.1) is 0 Å². The van der Waals surface area contributed by atoms with Gasteiger partial charge in [-0.25, -0.2) is 4.98 Å². The molecular weight excluding hydrogens is 224 g/mol. The lowest BCUT2D eigenvalue weighted by Crippen LogP contribution is -2.15. The van der Waals surface area contributed by atoms with Gasteiger partial charge in [0.2, 0.25) is 5.95 Å². The van der Waals surface area contributed by atoms with E-state index in [1.807, 2.05) is 27.7 Å². The smallest absolute Gasteiger partial charge is 0.223 e. The Labute approximate surface area is 103 Å². The van der Waals surface area contributed by atoms with E-state index in [0.717, 1.165) is 30.8 Å². The van der Waals surface area contributed by atoms with Crippen LogP contribution in [-0.2, 0) is 6.42 Å². The third-order valence-corrected chi connectivity index (χ3v) is 2.18. The van der Waals surface area contributed by atoms with Crippen molar-refractivity contribution in [2.45, 2.75) is 40.5 Å². The van der Waals surface area contributed by atoms with Crippen molar-refractivity contribution in [2.75, 3.05) is 17.6 Å². The van der Waals surface area contributed by atoms with Gasteiger partial charge in [0.15, 0.2) is 0 Å². The zero-order chi connectivity index (χ0) is 12.6. The van der Waals surface area contributed by atoms with Crippen molar-refractivity contribution >= 4 is 23.4 Å². The van der Waals surface area contributed by atoms with E-state index in [0.29, 0.717) is 5.15 Å². The maximum Gasteiger partial charge on any atom is 0.223 e. The molecule has 0 bridgehead atoms. The molecule has 2 rings (SSSR count). The summed E-state index contributed by atoms with van der Waals surface area (Å²) in [4.78, 5) is 7.92. The summed E-state index contributed by atoms with van der Waals surface area (Å²) in [6.45, 7) is 8.93. The summed E-state index contributed by atoms with van der Waals surface area (Å²) in [6, 6.07) is 0. The maximum absolute atomic E-state index is 5.88. The van der Waals surface area contributed by atoms with Crippen LogP contribution in [0.2, 0.25) is 5.15 Å². The first-order valence-corrected chi connectivity index (χ1v) is 6.21. The summed E-state index contributed by atoms with van der Waals surface area (Å²) in [5.74, 6) is 1.02. The molecule has 0 fully saturated rings. The van der Waals surface area contributed by atoms with Gasteiger partial charge in [0.1, 0.15) is 11.0 Å². The Morgan fingerprint density at radius 1 is 1.19 bits per heavy atom. The molecular formula is C11H21ClN4. The van der Waals surface area contributed by atoms with Crippen molar-refractivity contribution in [3.63, 3.8) is 0 Å². The van der Waals surface area contributed by atoms with Crippen molar-refractivity contribution < 1.29 is 0 Å². The molecule has 0 radical (unpaired) electrons. The van der Waals surface area contributed by atoms with Crippen LogP contribution in [0.3, 0.4) is 0 Å². The molecule has 0 aromatic carbocycles. The molecule has 1 aliphatic rings. The number of nitrogens with two attached hydrogens (primary N) is 1. The SMILES string of the molecule is CC.CC.Nc1nc(Cl)c2c(n1)NCCC2. The monoisotopic (exact) mass is 244 g/mol. The lowest BCUT2D eigenvalue weighted by atomic mass is 10.1. The molecule has 92 valence electrons. The lowest BCUT2D eigenvalue weighted by Gasteiger charge is -2.17. The molecule has 0 saturated heterocycles. The summed E-state index contributed by atoms with van der Waals surface area (Å²) < 4.78 is 0. The number of anilines is 2. The third kappa shape index (κ3) is 3.85. The predicted molar refractivity (Wildman–Crippen MR) is 71.0 cm³/mol. The minimum absolute atomic E-state index is 0.230. The fourth-order valence-electron chi connectivity index (χ4n) is 1.31. The van der Waals surface area contributed by atoms with Crippen LogP contribution in [0, 0.1) is 0 Å². The van der Waals surface area contributed by atoms with Crippen LogP contribution in [0.25, 0.3) is 0 Å². The van der Waals surface area contributed by atoms with Crippen LogP contribution in [0.4, 0.5) is 11.8 Å². The number of rotatable bonds is 0. The third-order valence-electron chi connectivity index (χ3n) is 1.87. The Balaban J connectivity index is 0.000000509. The molecule has 0 atom stereocenters. The van der Waals surface area contributed by atoms with Gasteiger partial charge in [-0.3, -0.25) is 0 Å². The molecule has 0 amide bonds. The highest BCUT2D eigenvalue weighted by Crippen LogP contribution is 2.25. The van der Waals surface area contributed by atoms with E-state index in [1.165, 1.54) is 0 Å². The van der Waals surface area contributed by atoms with Crippen LogP contribution >= 0.6 is 11.6 Å². The number of nitrogens with one attached hydrogen (secondary N) is 1. The fourth-order valence-corrected chi connectivity index (χ4v) is 1.58. The van der Waals surface area contributed by atoms with Crippen LogP contribution in [0.1, 0.15) is 39.7 Å². The molecule has 0 saturated carbocycles. The van der Waals surface area contributed by atoms with Crippen molar-refractivity contribution in [3.05, 3.63) is 10.7 Å². The highest BCUT2D eigenvalue weighted by Gasteiger charge is 2.14. The first-order chi connectivity index (χ1) is 7.77. The Morgan fingerprint density at radius 2 is 1.81 bits per heavy atom. The summed E-state index contributed by atoms with van der Waals surface area (Å²) in [5.41, 5.74) is 6.42. The second kappa shape index (κ2) is 8.16. The van der Waals surface area contributed by atoms with Gasteiger partial charge in [0, 0.05) is 12.1 Å². The molecule has 0 aliphatic carbocycles. The summed E-state index contributed by atoms with van der Waals surface area (Å²) in [6.07, 6.45) is 2.00. The second-order valence-corrected chi connectivity index (χ2v) is 3.09. The Hall–Kier alpha value is -1.03. The molecule has 16 heavy (non-hydrogen) atoms. The molecule has 0 spiro atoms. The van der Waals surface area contributed by atoms with Gasteiger partial charge in [-0.1, -0.05) is 39.3 Å². The Bertz CT molecular complexity index is 315. The van der Waals surface area contributed by atoms with Crippen LogP contribution in [-0.4, -0.2) is 16.5 Å². The first kappa shape index (κ1) is 15.0. The molecule has 1 aliphatic heterocycles. The van der Waals surface area contributed by atoms with Crippen LogP contribution < -0.4 is 11.1 Å². The number of halogens is 1. The molecule has 1 aromatic rings. The van der Waals surface area contributed by atoms with Gasteiger partial charge in [-0.2, -0.15) is 4.98 Å². The van der Waals surface area contributed by atoms with Gasteiger partial charge in [-0.05, 0) is 12.8 Å². The largest absolute Gasteiger partial charge is 0.370 e. The van der Waals surface area contributed by atoms with E-state index in [9.17, 15) is 0 Å². The quantitative estimate of drug-likeness (QED) is 0.689. The Kier molecular flexibility index (Phi) is 7.64. The topological polar surface area (TPSA) is 63.8 Å². The van der Waals surface area contributed by atoms with Crippen molar-refractivity contribution in [1.29, 1.82) is 0 Å². The number of aromatic nitrogens is 2. The number of hydrogen-bond donors (Lipinski definition) is 2. The summed E-state index contributed by atoms with van der Waals surface area (Å²) in [5, 5.41) is 3.61. The van der Waals surface area contributed by atoms with Crippen LogP contribution in [0.15, 0.2) is 0 Å². The summed E-state index contributed by atoms with van der Waals surface area (Å²) >= 11 is 5.88. The number of nitrogen functional groups attached to an aromatic ring is 1. The van der Waals surface area contributed by atoms with E-state index in [1.54, 1.807) is 0 Å². The standard InChI is InChI=1S/C7H9ClN4.2C2H6/c8-5-4-2-1-3-10-6(4)12-7(9)11-5;2*1-2/h1-3H2,(H3,9,10,11,12);2*1-2H3. The normalized spacial score (nSPS) is 12.1. The van der Waals surface area contributed by atoms with Gasteiger partial charge >= 0.3 is 0 Å². The first-order valence-electron chi connectivity index (χ1n) is 5.83.